The summed E-state index contributed by atoms with van der Waals surface area (Å²) in [6.45, 7) is 3.94. The van der Waals surface area contributed by atoms with E-state index < -0.39 is 10.0 Å². The van der Waals surface area contributed by atoms with Crippen molar-refractivity contribution < 1.29 is 17.9 Å². The molecule has 0 spiro atoms. The van der Waals surface area contributed by atoms with E-state index >= 15 is 0 Å². The molecule has 2 aromatic rings. The molecule has 28 heavy (non-hydrogen) atoms. The number of rotatable bonds is 5. The summed E-state index contributed by atoms with van der Waals surface area (Å²) in [5, 5.41) is 3.28. The first-order valence-corrected chi connectivity index (χ1v) is 10.2. The summed E-state index contributed by atoms with van der Waals surface area (Å²) >= 11 is 0. The van der Waals surface area contributed by atoms with E-state index in [9.17, 15) is 13.2 Å². The van der Waals surface area contributed by atoms with Crippen LogP contribution in [0, 0.1) is 0 Å². The zero-order valence-electron chi connectivity index (χ0n) is 15.7. The Morgan fingerprint density at radius 1 is 1.21 bits per heavy atom. The fourth-order valence-corrected chi connectivity index (χ4v) is 4.07. The normalized spacial score (nSPS) is 16.8. The Labute approximate surface area is 171 Å². The van der Waals surface area contributed by atoms with Gasteiger partial charge in [0.2, 0.25) is 0 Å². The number of nitrogens with zero attached hydrogens (tertiary/aromatic N) is 1. The van der Waals surface area contributed by atoms with Gasteiger partial charge in [0.15, 0.2) is 0 Å². The highest BCUT2D eigenvalue weighted by Gasteiger charge is 2.23. The van der Waals surface area contributed by atoms with E-state index in [-0.39, 0.29) is 29.3 Å². The molecule has 1 saturated heterocycles. The maximum Gasteiger partial charge on any atom is 0.261 e. The number of methoxy groups -OCH3 is 1. The van der Waals surface area contributed by atoms with Gasteiger partial charge in [0.25, 0.3) is 15.9 Å². The summed E-state index contributed by atoms with van der Waals surface area (Å²) in [7, 11) is -2.26. The topological polar surface area (TPSA) is 87.7 Å². The first-order valence-electron chi connectivity index (χ1n) is 8.68. The molecule has 1 fully saturated rings. The number of carbonyl (C=O) groups is 1. The molecule has 9 heteroatoms. The number of benzene rings is 2. The van der Waals surface area contributed by atoms with Gasteiger partial charge in [0.1, 0.15) is 5.75 Å². The Bertz CT molecular complexity index is 919. The van der Waals surface area contributed by atoms with Crippen LogP contribution in [0.25, 0.3) is 0 Å². The molecule has 0 aromatic heterocycles. The number of anilines is 1. The zero-order chi connectivity index (χ0) is 19.4. The molecule has 0 saturated carbocycles. The molecule has 3 rings (SSSR count). The summed E-state index contributed by atoms with van der Waals surface area (Å²) in [4.78, 5) is 14.5. The lowest BCUT2D eigenvalue weighted by molar-refractivity contribution is 0.0709. The van der Waals surface area contributed by atoms with Crippen LogP contribution in [0.5, 0.6) is 5.75 Å². The molecule has 1 heterocycles. The second kappa shape index (κ2) is 9.27. The largest absolute Gasteiger partial charge is 0.497 e. The minimum atomic E-state index is -3.80. The van der Waals surface area contributed by atoms with E-state index in [0.29, 0.717) is 30.1 Å². The molecule has 152 valence electrons. The number of piperazine rings is 1. The van der Waals surface area contributed by atoms with Gasteiger partial charge < -0.3 is 15.0 Å². The van der Waals surface area contributed by atoms with Crippen LogP contribution in [0.2, 0.25) is 0 Å². The molecule has 2 N–H and O–H groups in total. The Morgan fingerprint density at radius 2 is 1.93 bits per heavy atom. The molecule has 2 aromatic carbocycles. The second-order valence-corrected chi connectivity index (χ2v) is 8.15. The van der Waals surface area contributed by atoms with E-state index in [2.05, 4.69) is 10.0 Å². The Morgan fingerprint density at radius 3 is 2.57 bits per heavy atom. The van der Waals surface area contributed by atoms with Crippen LogP contribution >= 0.6 is 12.4 Å². The highest BCUT2D eigenvalue weighted by atomic mass is 35.5. The summed E-state index contributed by atoms with van der Waals surface area (Å²) in [5.74, 6) is 0.473. The van der Waals surface area contributed by atoms with Crippen LogP contribution in [0.15, 0.2) is 53.4 Å². The number of amides is 1. The molecule has 0 aliphatic carbocycles. The van der Waals surface area contributed by atoms with Gasteiger partial charge in [-0.05, 0) is 49.4 Å². The van der Waals surface area contributed by atoms with Gasteiger partial charge in [-0.25, -0.2) is 8.42 Å². The average molecular weight is 426 g/mol. The smallest absolute Gasteiger partial charge is 0.261 e. The number of carbonyl (C=O) groups excluding carboxylic acids is 1. The Hall–Kier alpha value is -2.29. The number of nitrogens with one attached hydrogen (secondary N) is 2. The standard InChI is InChI=1S/C19H23N3O4S.ClH/c1-14-13-22(11-10-20-14)19(23)15-4-3-5-18(12-15)27(24,25)21-16-6-8-17(26-2)9-7-16;/h3-9,12,14,20-21H,10-11,13H2,1-2H3;1H. The number of ether oxygens (including phenoxy) is 1. The lowest BCUT2D eigenvalue weighted by Crippen LogP contribution is -2.51. The van der Waals surface area contributed by atoms with Gasteiger partial charge in [-0.15, -0.1) is 12.4 Å². The molecule has 1 aliphatic rings. The van der Waals surface area contributed by atoms with E-state index in [1.54, 1.807) is 48.4 Å². The van der Waals surface area contributed by atoms with Crippen molar-refractivity contribution in [3.63, 3.8) is 0 Å². The lowest BCUT2D eigenvalue weighted by Gasteiger charge is -2.32. The summed E-state index contributed by atoms with van der Waals surface area (Å²) in [6.07, 6.45) is 0. The van der Waals surface area contributed by atoms with Crippen LogP contribution in [0.1, 0.15) is 17.3 Å². The minimum absolute atomic E-state index is 0. The van der Waals surface area contributed by atoms with Gasteiger partial charge in [0.05, 0.1) is 12.0 Å². The first-order chi connectivity index (χ1) is 12.9. The summed E-state index contributed by atoms with van der Waals surface area (Å²) in [6, 6.07) is 12.9. The maximum atomic E-state index is 12.7. The van der Waals surface area contributed by atoms with Crippen LogP contribution in [-0.4, -0.2) is 52.0 Å². The van der Waals surface area contributed by atoms with Crippen LogP contribution in [0.3, 0.4) is 0 Å². The third-order valence-corrected chi connectivity index (χ3v) is 5.77. The van der Waals surface area contributed by atoms with Gasteiger partial charge >= 0.3 is 0 Å². The average Bonchev–Trinajstić information content (AvgIpc) is 2.68. The van der Waals surface area contributed by atoms with Gasteiger partial charge in [0, 0.05) is 36.9 Å². The van der Waals surface area contributed by atoms with Crippen molar-refractivity contribution in [1.29, 1.82) is 0 Å². The molecule has 1 unspecified atom stereocenters. The van der Waals surface area contributed by atoms with E-state index in [0.717, 1.165) is 6.54 Å². The molecule has 0 bridgehead atoms. The minimum Gasteiger partial charge on any atom is -0.497 e. The van der Waals surface area contributed by atoms with Crippen molar-refractivity contribution in [1.82, 2.24) is 10.2 Å². The lowest BCUT2D eigenvalue weighted by atomic mass is 10.1. The van der Waals surface area contributed by atoms with Crippen LogP contribution in [-0.2, 0) is 10.0 Å². The summed E-state index contributed by atoms with van der Waals surface area (Å²) in [5.41, 5.74) is 0.783. The fourth-order valence-electron chi connectivity index (χ4n) is 2.97. The second-order valence-electron chi connectivity index (χ2n) is 6.47. The fraction of sp³-hybridized carbons (Fsp3) is 0.316. The van der Waals surface area contributed by atoms with Crippen LogP contribution in [0.4, 0.5) is 5.69 Å². The predicted octanol–water partition coefficient (Wildman–Crippen LogP) is 2.35. The van der Waals surface area contributed by atoms with Crippen LogP contribution < -0.4 is 14.8 Å². The van der Waals surface area contributed by atoms with E-state index in [1.165, 1.54) is 12.1 Å². The van der Waals surface area contributed by atoms with Crippen molar-refractivity contribution in [3.05, 3.63) is 54.1 Å². The molecular formula is C19H24ClN3O4S. The van der Waals surface area contributed by atoms with Crippen molar-refractivity contribution in [3.8, 4) is 5.75 Å². The third-order valence-electron chi connectivity index (χ3n) is 4.39. The highest BCUT2D eigenvalue weighted by Crippen LogP contribution is 2.20. The van der Waals surface area contributed by atoms with Gasteiger partial charge in [-0.3, -0.25) is 9.52 Å². The number of sulfonamides is 1. The number of hydrogen-bond acceptors (Lipinski definition) is 5. The Balaban J connectivity index is 0.00000280. The first kappa shape index (κ1) is 22.0. The zero-order valence-corrected chi connectivity index (χ0v) is 17.3. The SMILES string of the molecule is COc1ccc(NS(=O)(=O)c2cccc(C(=O)N3CCNC(C)C3)c2)cc1.Cl. The highest BCUT2D eigenvalue weighted by molar-refractivity contribution is 7.92. The summed E-state index contributed by atoms with van der Waals surface area (Å²) < 4.78 is 33.0. The molecule has 0 radical (unpaired) electrons. The third kappa shape index (κ3) is 5.15. The molecule has 1 atom stereocenters. The molecule has 7 nitrogen and oxygen atoms in total. The van der Waals surface area contributed by atoms with Crippen molar-refractivity contribution >= 4 is 34.0 Å². The van der Waals surface area contributed by atoms with E-state index in [4.69, 9.17) is 4.74 Å². The molecule has 1 amide bonds. The Kier molecular flexibility index (Phi) is 7.29. The monoisotopic (exact) mass is 425 g/mol. The maximum absolute atomic E-state index is 12.7. The number of hydrogen-bond donors (Lipinski definition) is 2. The molecular weight excluding hydrogens is 402 g/mol. The van der Waals surface area contributed by atoms with Crippen molar-refractivity contribution in [2.75, 3.05) is 31.5 Å². The van der Waals surface area contributed by atoms with Gasteiger partial charge in [-0.1, -0.05) is 6.07 Å². The molecule has 1 aliphatic heterocycles. The predicted molar refractivity (Wildman–Crippen MR) is 111 cm³/mol. The number of halogens is 1. The quantitative estimate of drug-likeness (QED) is 0.767. The van der Waals surface area contributed by atoms with Crippen molar-refractivity contribution in [2.24, 2.45) is 0 Å². The van der Waals surface area contributed by atoms with E-state index in [1.807, 2.05) is 6.92 Å². The van der Waals surface area contributed by atoms with Gasteiger partial charge in [-0.2, -0.15) is 0 Å². The van der Waals surface area contributed by atoms with Crippen molar-refractivity contribution in [2.45, 2.75) is 17.9 Å².